The lowest BCUT2D eigenvalue weighted by Crippen LogP contribution is -2.46. The summed E-state index contributed by atoms with van der Waals surface area (Å²) in [6, 6.07) is 0.410. The lowest BCUT2D eigenvalue weighted by atomic mass is 9.77. The Kier molecular flexibility index (Phi) is 4.62. The molecule has 0 aromatic carbocycles. The summed E-state index contributed by atoms with van der Waals surface area (Å²) in [5.74, 6) is 1.22. The van der Waals surface area contributed by atoms with Crippen molar-refractivity contribution >= 4 is 5.91 Å². The van der Waals surface area contributed by atoms with E-state index in [-0.39, 0.29) is 23.9 Å². The molecule has 0 bridgehead atoms. The zero-order valence-electron chi connectivity index (χ0n) is 11.5. The lowest BCUT2D eigenvalue weighted by Gasteiger charge is -2.33. The smallest absolute Gasteiger partial charge is 0.223 e. The second-order valence-corrected chi connectivity index (χ2v) is 6.08. The molecule has 2 rings (SSSR count). The highest BCUT2D eigenvalue weighted by molar-refractivity contribution is 5.79. The molecular weight excluding hydrogens is 228 g/mol. The number of hydrogen-bond acceptors (Lipinski definition) is 3. The van der Waals surface area contributed by atoms with Crippen LogP contribution in [0.5, 0.6) is 0 Å². The molecule has 18 heavy (non-hydrogen) atoms. The van der Waals surface area contributed by atoms with Gasteiger partial charge in [-0.25, -0.2) is 0 Å². The standard InChI is InChI=1S/C14H26N2O2/c1-9-3-4-12(15)7-13(9)14(17)16-10(2)11-5-6-18-8-11/h9-13H,3-8,15H2,1-2H3,(H,16,17). The Morgan fingerprint density at radius 2 is 2.17 bits per heavy atom. The Morgan fingerprint density at radius 1 is 1.39 bits per heavy atom. The van der Waals surface area contributed by atoms with Crippen LogP contribution in [0.15, 0.2) is 0 Å². The van der Waals surface area contributed by atoms with Crippen molar-refractivity contribution in [2.24, 2.45) is 23.5 Å². The third-order valence-electron chi connectivity index (χ3n) is 4.62. The first-order valence-electron chi connectivity index (χ1n) is 7.21. The van der Waals surface area contributed by atoms with E-state index in [4.69, 9.17) is 10.5 Å². The maximum Gasteiger partial charge on any atom is 0.223 e. The van der Waals surface area contributed by atoms with Gasteiger partial charge in [-0.05, 0) is 38.5 Å². The minimum atomic E-state index is 0.0959. The molecule has 2 aliphatic rings. The molecular formula is C14H26N2O2. The highest BCUT2D eigenvalue weighted by Crippen LogP contribution is 2.29. The van der Waals surface area contributed by atoms with Gasteiger partial charge in [-0.15, -0.1) is 0 Å². The summed E-state index contributed by atoms with van der Waals surface area (Å²) >= 11 is 0. The average Bonchev–Trinajstić information content (AvgIpc) is 2.85. The zero-order valence-corrected chi connectivity index (χ0v) is 11.5. The van der Waals surface area contributed by atoms with Gasteiger partial charge in [0.05, 0.1) is 6.61 Å². The van der Waals surface area contributed by atoms with Gasteiger partial charge in [0.2, 0.25) is 5.91 Å². The van der Waals surface area contributed by atoms with Crippen molar-refractivity contribution < 1.29 is 9.53 Å². The van der Waals surface area contributed by atoms with Crippen molar-refractivity contribution in [3.8, 4) is 0 Å². The summed E-state index contributed by atoms with van der Waals surface area (Å²) in [5.41, 5.74) is 5.98. The van der Waals surface area contributed by atoms with Crippen molar-refractivity contribution in [2.45, 2.75) is 51.6 Å². The summed E-state index contributed by atoms with van der Waals surface area (Å²) in [6.45, 7) is 5.86. The molecule has 0 radical (unpaired) electrons. The molecule has 5 unspecified atom stereocenters. The predicted octanol–water partition coefficient (Wildman–Crippen LogP) is 1.29. The van der Waals surface area contributed by atoms with Crippen molar-refractivity contribution in [2.75, 3.05) is 13.2 Å². The predicted molar refractivity (Wildman–Crippen MR) is 71.0 cm³/mol. The Morgan fingerprint density at radius 3 is 2.83 bits per heavy atom. The maximum absolute atomic E-state index is 12.3. The minimum absolute atomic E-state index is 0.0959. The molecule has 1 aliphatic heterocycles. The Bertz CT molecular complexity index is 290. The monoisotopic (exact) mass is 254 g/mol. The van der Waals surface area contributed by atoms with Gasteiger partial charge < -0.3 is 15.8 Å². The van der Waals surface area contributed by atoms with E-state index in [2.05, 4.69) is 19.2 Å². The fourth-order valence-electron chi connectivity index (χ4n) is 3.12. The van der Waals surface area contributed by atoms with Crippen molar-refractivity contribution in [1.29, 1.82) is 0 Å². The zero-order chi connectivity index (χ0) is 13.1. The van der Waals surface area contributed by atoms with E-state index in [0.29, 0.717) is 11.8 Å². The number of hydrogen-bond donors (Lipinski definition) is 2. The van der Waals surface area contributed by atoms with Crippen LogP contribution in [0.25, 0.3) is 0 Å². The quantitative estimate of drug-likeness (QED) is 0.797. The molecule has 1 heterocycles. The van der Waals surface area contributed by atoms with Crippen LogP contribution in [0.3, 0.4) is 0 Å². The van der Waals surface area contributed by atoms with Crippen LogP contribution in [-0.2, 0) is 9.53 Å². The molecule has 1 saturated heterocycles. The second kappa shape index (κ2) is 6.02. The first-order chi connectivity index (χ1) is 8.58. The maximum atomic E-state index is 12.3. The van der Waals surface area contributed by atoms with Gasteiger partial charge in [-0.1, -0.05) is 6.92 Å². The molecule has 4 heteroatoms. The van der Waals surface area contributed by atoms with Crippen molar-refractivity contribution in [3.05, 3.63) is 0 Å². The van der Waals surface area contributed by atoms with E-state index in [9.17, 15) is 4.79 Å². The Hall–Kier alpha value is -0.610. The van der Waals surface area contributed by atoms with Gasteiger partial charge in [0.1, 0.15) is 0 Å². The SMILES string of the molecule is CC1CCC(N)CC1C(=O)NC(C)C1CCOC1. The first kappa shape index (κ1) is 13.8. The van der Waals surface area contributed by atoms with Crippen LogP contribution in [-0.4, -0.2) is 31.2 Å². The van der Waals surface area contributed by atoms with Crippen LogP contribution in [0, 0.1) is 17.8 Å². The van der Waals surface area contributed by atoms with Gasteiger partial charge in [0.25, 0.3) is 0 Å². The van der Waals surface area contributed by atoms with Gasteiger partial charge in [0, 0.05) is 30.5 Å². The van der Waals surface area contributed by atoms with E-state index in [1.54, 1.807) is 0 Å². The molecule has 5 atom stereocenters. The van der Waals surface area contributed by atoms with Crippen LogP contribution < -0.4 is 11.1 Å². The highest BCUT2D eigenvalue weighted by Gasteiger charge is 2.33. The topological polar surface area (TPSA) is 64.4 Å². The van der Waals surface area contributed by atoms with Gasteiger partial charge in [-0.2, -0.15) is 0 Å². The number of amides is 1. The number of ether oxygens (including phenoxy) is 1. The van der Waals surface area contributed by atoms with Gasteiger partial charge in [-0.3, -0.25) is 4.79 Å². The van der Waals surface area contributed by atoms with Crippen LogP contribution in [0.4, 0.5) is 0 Å². The molecule has 1 saturated carbocycles. The van der Waals surface area contributed by atoms with Crippen LogP contribution in [0.1, 0.15) is 39.5 Å². The Balaban J connectivity index is 1.85. The molecule has 0 aromatic rings. The number of carbonyl (C=O) groups is 1. The number of nitrogens with two attached hydrogens (primary N) is 1. The molecule has 3 N–H and O–H groups in total. The summed E-state index contributed by atoms with van der Waals surface area (Å²) < 4.78 is 5.37. The Labute approximate surface area is 110 Å². The van der Waals surface area contributed by atoms with E-state index >= 15 is 0 Å². The van der Waals surface area contributed by atoms with E-state index in [1.165, 1.54) is 0 Å². The highest BCUT2D eigenvalue weighted by atomic mass is 16.5. The number of rotatable bonds is 3. The summed E-state index contributed by atoms with van der Waals surface area (Å²) in [4.78, 5) is 12.3. The van der Waals surface area contributed by atoms with Crippen molar-refractivity contribution in [3.63, 3.8) is 0 Å². The van der Waals surface area contributed by atoms with E-state index < -0.39 is 0 Å². The first-order valence-corrected chi connectivity index (χ1v) is 7.21. The van der Waals surface area contributed by atoms with E-state index in [0.717, 1.165) is 38.9 Å². The minimum Gasteiger partial charge on any atom is -0.381 e. The lowest BCUT2D eigenvalue weighted by molar-refractivity contribution is -0.128. The van der Waals surface area contributed by atoms with Crippen LogP contribution in [0.2, 0.25) is 0 Å². The molecule has 2 fully saturated rings. The molecule has 0 spiro atoms. The summed E-state index contributed by atoms with van der Waals surface area (Å²) in [7, 11) is 0. The second-order valence-electron chi connectivity index (χ2n) is 6.08. The molecule has 104 valence electrons. The third-order valence-corrected chi connectivity index (χ3v) is 4.62. The number of carbonyl (C=O) groups excluding carboxylic acids is 1. The summed E-state index contributed by atoms with van der Waals surface area (Å²) in [6.07, 6.45) is 4.01. The largest absolute Gasteiger partial charge is 0.381 e. The fourth-order valence-corrected chi connectivity index (χ4v) is 3.12. The summed E-state index contributed by atoms with van der Waals surface area (Å²) in [5, 5.41) is 3.17. The van der Waals surface area contributed by atoms with Crippen LogP contribution >= 0.6 is 0 Å². The van der Waals surface area contributed by atoms with Crippen molar-refractivity contribution in [1.82, 2.24) is 5.32 Å². The normalized spacial score (nSPS) is 38.4. The molecule has 0 aromatic heterocycles. The number of nitrogens with one attached hydrogen (secondary N) is 1. The van der Waals surface area contributed by atoms with E-state index in [1.807, 2.05) is 0 Å². The van der Waals surface area contributed by atoms with Gasteiger partial charge in [0.15, 0.2) is 0 Å². The average molecular weight is 254 g/mol. The fraction of sp³-hybridized carbons (Fsp3) is 0.929. The molecule has 1 amide bonds. The third kappa shape index (κ3) is 3.23. The molecule has 4 nitrogen and oxygen atoms in total. The molecule has 1 aliphatic carbocycles. The van der Waals surface area contributed by atoms with Gasteiger partial charge >= 0.3 is 0 Å².